The summed E-state index contributed by atoms with van der Waals surface area (Å²) in [5.74, 6) is 0.880. The second kappa shape index (κ2) is 5.88. The maximum Gasteiger partial charge on any atom is 0.0351 e. The number of benzene rings is 1. The highest BCUT2D eigenvalue weighted by Crippen LogP contribution is 2.42. The van der Waals surface area contributed by atoms with Crippen LogP contribution in [0.2, 0.25) is 0 Å². The maximum absolute atomic E-state index is 3.99. The van der Waals surface area contributed by atoms with Crippen LogP contribution in [0.1, 0.15) is 49.3 Å². The van der Waals surface area contributed by atoms with E-state index in [1.807, 2.05) is 11.8 Å². The van der Waals surface area contributed by atoms with Crippen LogP contribution in [0.25, 0.3) is 0 Å². The van der Waals surface area contributed by atoms with Crippen LogP contribution in [0.3, 0.4) is 0 Å². The Labute approximate surface area is 121 Å². The van der Waals surface area contributed by atoms with E-state index in [2.05, 4.69) is 42.8 Å². The fourth-order valence-electron chi connectivity index (χ4n) is 3.34. The normalized spacial score (nSPS) is 28.5. The molecule has 1 nitrogen and oxygen atoms in total. The number of aryl methyl sites for hydroxylation is 1. The molecule has 2 saturated carbocycles. The van der Waals surface area contributed by atoms with E-state index in [-0.39, 0.29) is 0 Å². The lowest BCUT2D eigenvalue weighted by Gasteiger charge is -2.27. The summed E-state index contributed by atoms with van der Waals surface area (Å²) in [7, 11) is 0. The average Bonchev–Trinajstić information content (AvgIpc) is 3.17. The van der Waals surface area contributed by atoms with Gasteiger partial charge in [0.2, 0.25) is 0 Å². The van der Waals surface area contributed by atoms with Crippen LogP contribution in [0.15, 0.2) is 24.3 Å². The van der Waals surface area contributed by atoms with Crippen molar-refractivity contribution in [3.8, 4) is 0 Å². The lowest BCUT2D eigenvalue weighted by atomic mass is 9.99. The Balaban J connectivity index is 1.72. The van der Waals surface area contributed by atoms with Gasteiger partial charge in [-0.1, -0.05) is 36.2 Å². The highest BCUT2D eigenvalue weighted by atomic mass is 32.2. The molecule has 2 aliphatic rings. The summed E-state index contributed by atoms with van der Waals surface area (Å²) in [5.41, 5.74) is 2.86. The van der Waals surface area contributed by atoms with Crippen LogP contribution in [0.4, 0.5) is 0 Å². The topological polar surface area (TPSA) is 12.0 Å². The standard InChI is InChI=1S/C17H25NS/c1-12-6-8-13(9-7-12)17(14-10-11-14)18-15-4-3-5-16(15)19-2/h6-9,14-18H,3-5,10-11H2,1-2H3. The molecule has 19 heavy (non-hydrogen) atoms. The number of rotatable bonds is 5. The van der Waals surface area contributed by atoms with Gasteiger partial charge in [0.15, 0.2) is 0 Å². The van der Waals surface area contributed by atoms with Crippen LogP contribution < -0.4 is 5.32 Å². The summed E-state index contributed by atoms with van der Waals surface area (Å²) in [6.07, 6.45) is 9.23. The Bertz CT molecular complexity index is 410. The van der Waals surface area contributed by atoms with Crippen molar-refractivity contribution in [3.63, 3.8) is 0 Å². The molecule has 3 unspecified atom stereocenters. The van der Waals surface area contributed by atoms with E-state index in [9.17, 15) is 0 Å². The van der Waals surface area contributed by atoms with E-state index < -0.39 is 0 Å². The fraction of sp³-hybridized carbons (Fsp3) is 0.647. The van der Waals surface area contributed by atoms with Gasteiger partial charge in [-0.25, -0.2) is 0 Å². The van der Waals surface area contributed by atoms with Crippen LogP contribution in [-0.4, -0.2) is 17.5 Å². The summed E-state index contributed by atoms with van der Waals surface area (Å²) < 4.78 is 0. The molecule has 0 radical (unpaired) electrons. The van der Waals surface area contributed by atoms with Gasteiger partial charge >= 0.3 is 0 Å². The molecule has 0 amide bonds. The molecule has 3 atom stereocenters. The van der Waals surface area contributed by atoms with Crippen molar-refractivity contribution in [1.82, 2.24) is 5.32 Å². The van der Waals surface area contributed by atoms with Gasteiger partial charge in [0, 0.05) is 17.3 Å². The second-order valence-corrected chi connectivity index (χ2v) is 7.28. The van der Waals surface area contributed by atoms with Crippen molar-refractivity contribution in [2.75, 3.05) is 6.26 Å². The molecule has 0 heterocycles. The molecular weight excluding hydrogens is 250 g/mol. The first-order valence-corrected chi connectivity index (χ1v) is 8.92. The summed E-state index contributed by atoms with van der Waals surface area (Å²) >= 11 is 2.05. The van der Waals surface area contributed by atoms with Gasteiger partial charge in [-0.15, -0.1) is 0 Å². The Hall–Kier alpha value is -0.470. The van der Waals surface area contributed by atoms with E-state index >= 15 is 0 Å². The van der Waals surface area contributed by atoms with Gasteiger partial charge in [-0.3, -0.25) is 0 Å². The van der Waals surface area contributed by atoms with Crippen LogP contribution in [0.5, 0.6) is 0 Å². The quantitative estimate of drug-likeness (QED) is 0.859. The zero-order valence-electron chi connectivity index (χ0n) is 12.1. The summed E-state index contributed by atoms with van der Waals surface area (Å²) in [4.78, 5) is 0. The lowest BCUT2D eigenvalue weighted by molar-refractivity contribution is 0.410. The monoisotopic (exact) mass is 275 g/mol. The molecule has 104 valence electrons. The van der Waals surface area contributed by atoms with Crippen molar-refractivity contribution in [3.05, 3.63) is 35.4 Å². The fourth-order valence-corrected chi connectivity index (χ4v) is 4.28. The van der Waals surface area contributed by atoms with Crippen molar-refractivity contribution in [2.45, 2.75) is 56.4 Å². The first-order valence-electron chi connectivity index (χ1n) is 7.63. The average molecular weight is 275 g/mol. The highest BCUT2D eigenvalue weighted by molar-refractivity contribution is 7.99. The van der Waals surface area contributed by atoms with Crippen molar-refractivity contribution in [1.29, 1.82) is 0 Å². The molecule has 0 saturated heterocycles. The molecular formula is C17H25NS. The van der Waals surface area contributed by atoms with Crippen molar-refractivity contribution < 1.29 is 0 Å². The first-order chi connectivity index (χ1) is 9.28. The maximum atomic E-state index is 3.99. The van der Waals surface area contributed by atoms with Crippen LogP contribution >= 0.6 is 11.8 Å². The zero-order chi connectivity index (χ0) is 13.2. The molecule has 3 rings (SSSR count). The van der Waals surface area contributed by atoms with E-state index in [4.69, 9.17) is 0 Å². The molecule has 0 bridgehead atoms. The predicted molar refractivity (Wildman–Crippen MR) is 84.7 cm³/mol. The molecule has 1 aromatic rings. The smallest absolute Gasteiger partial charge is 0.0351 e. The van der Waals surface area contributed by atoms with E-state index in [0.29, 0.717) is 6.04 Å². The van der Waals surface area contributed by atoms with Gasteiger partial charge in [0.1, 0.15) is 0 Å². The van der Waals surface area contributed by atoms with Crippen LogP contribution in [0, 0.1) is 12.8 Å². The zero-order valence-corrected chi connectivity index (χ0v) is 12.9. The van der Waals surface area contributed by atoms with E-state index in [1.165, 1.54) is 43.2 Å². The van der Waals surface area contributed by atoms with E-state index in [1.54, 1.807) is 0 Å². The molecule has 2 fully saturated rings. The van der Waals surface area contributed by atoms with Gasteiger partial charge in [-0.05, 0) is 50.3 Å². The summed E-state index contributed by atoms with van der Waals surface area (Å²) in [6, 6.07) is 10.5. The number of nitrogens with one attached hydrogen (secondary N) is 1. The molecule has 1 N–H and O–H groups in total. The van der Waals surface area contributed by atoms with Gasteiger partial charge in [0.05, 0.1) is 0 Å². The minimum atomic E-state index is 0.596. The van der Waals surface area contributed by atoms with E-state index in [0.717, 1.165) is 17.2 Å². The largest absolute Gasteiger partial charge is 0.306 e. The molecule has 0 aliphatic heterocycles. The number of thioether (sulfide) groups is 1. The van der Waals surface area contributed by atoms with Gasteiger partial charge < -0.3 is 5.32 Å². The number of hydrogen-bond acceptors (Lipinski definition) is 2. The summed E-state index contributed by atoms with van der Waals surface area (Å²) in [6.45, 7) is 2.17. The summed E-state index contributed by atoms with van der Waals surface area (Å²) in [5, 5.41) is 4.82. The molecule has 0 spiro atoms. The first kappa shape index (κ1) is 13.5. The number of hydrogen-bond donors (Lipinski definition) is 1. The SMILES string of the molecule is CSC1CCCC1NC(c1ccc(C)cc1)C1CC1. The third-order valence-corrected chi connectivity index (χ3v) is 5.85. The minimum Gasteiger partial charge on any atom is -0.306 e. The third kappa shape index (κ3) is 3.17. The Morgan fingerprint density at radius 1 is 1.11 bits per heavy atom. The Morgan fingerprint density at radius 3 is 2.47 bits per heavy atom. The van der Waals surface area contributed by atoms with Gasteiger partial charge in [-0.2, -0.15) is 11.8 Å². The third-order valence-electron chi connectivity index (χ3n) is 4.68. The van der Waals surface area contributed by atoms with Crippen molar-refractivity contribution in [2.24, 2.45) is 5.92 Å². The molecule has 0 aromatic heterocycles. The highest BCUT2D eigenvalue weighted by Gasteiger charge is 2.36. The molecule has 2 aliphatic carbocycles. The Morgan fingerprint density at radius 2 is 1.84 bits per heavy atom. The second-order valence-electron chi connectivity index (χ2n) is 6.20. The van der Waals surface area contributed by atoms with Gasteiger partial charge in [0.25, 0.3) is 0 Å². The molecule has 1 aromatic carbocycles. The van der Waals surface area contributed by atoms with Crippen molar-refractivity contribution >= 4 is 11.8 Å². The van der Waals surface area contributed by atoms with Crippen LogP contribution in [-0.2, 0) is 0 Å². The lowest BCUT2D eigenvalue weighted by Crippen LogP contribution is -2.37. The molecule has 2 heteroatoms. The minimum absolute atomic E-state index is 0.596. The predicted octanol–water partition coefficient (Wildman–Crippen LogP) is 4.32. The Kier molecular flexibility index (Phi) is 4.18.